The van der Waals surface area contributed by atoms with E-state index in [-0.39, 0.29) is 10.6 Å². The number of hydrogen-bond donors (Lipinski definition) is 1. The van der Waals surface area contributed by atoms with Gasteiger partial charge in [0.25, 0.3) is 0 Å². The van der Waals surface area contributed by atoms with E-state index in [2.05, 4.69) is 91.3 Å². The average molecular weight is 737 g/mol. The second kappa shape index (κ2) is 20.0. The van der Waals surface area contributed by atoms with E-state index in [0.717, 1.165) is 6.54 Å². The van der Waals surface area contributed by atoms with Crippen LogP contribution in [-0.4, -0.2) is 48.6 Å². The molecule has 1 N–H and O–H groups in total. The van der Waals surface area contributed by atoms with Gasteiger partial charge in [0.15, 0.2) is 0 Å². The molecule has 2 aromatic heterocycles. The Hall–Kier alpha value is -2.01. The second-order valence-corrected chi connectivity index (χ2v) is 11.1. The minimum absolute atomic E-state index is 0.156. The van der Waals surface area contributed by atoms with E-state index in [1.807, 2.05) is 36.4 Å². The maximum absolute atomic E-state index is 8.63. The number of rotatable bonds is 5. The van der Waals surface area contributed by atoms with E-state index < -0.39 is 0 Å². The van der Waals surface area contributed by atoms with E-state index in [1.54, 1.807) is 30.5 Å². The lowest BCUT2D eigenvalue weighted by Gasteiger charge is -2.28. The van der Waals surface area contributed by atoms with Crippen LogP contribution >= 0.6 is 66.7 Å². The van der Waals surface area contributed by atoms with Crippen molar-refractivity contribution in [1.29, 1.82) is 0 Å². The predicted octanol–water partition coefficient (Wildman–Crippen LogP) is 9.75. The number of aromatic nitrogens is 4. The summed E-state index contributed by atoms with van der Waals surface area (Å²) in [5, 5.41) is 9.27. The van der Waals surface area contributed by atoms with Crippen molar-refractivity contribution in [3.05, 3.63) is 97.7 Å². The minimum atomic E-state index is 0.156. The quantitative estimate of drug-likeness (QED) is 0.161. The number of phenols is 1. The van der Waals surface area contributed by atoms with Crippen molar-refractivity contribution < 1.29 is 9.84 Å². The van der Waals surface area contributed by atoms with Crippen LogP contribution in [0.15, 0.2) is 82.0 Å². The summed E-state index contributed by atoms with van der Waals surface area (Å²) in [6, 6.07) is 19.4. The summed E-state index contributed by atoms with van der Waals surface area (Å²) < 4.78 is 6.82. The van der Waals surface area contributed by atoms with Crippen LogP contribution < -0.4 is 4.74 Å². The van der Waals surface area contributed by atoms with Gasteiger partial charge in [-0.05, 0) is 114 Å². The Morgan fingerprint density at radius 1 is 0.775 bits per heavy atom. The topological polar surface area (TPSA) is 84.3 Å². The molecule has 0 aliphatic carbocycles. The van der Waals surface area contributed by atoms with Gasteiger partial charge in [0.1, 0.15) is 16.7 Å². The molecule has 0 aliphatic rings. The lowest BCUT2D eigenvalue weighted by Crippen LogP contribution is -2.36. The normalized spacial score (nSPS) is 10.1. The SMILES string of the molecule is CCN(C(C)C)C(C)C.Clc1ncc(Br)c(Cl)n1.Clc1ncc(Br)c(Oc2ccccc2)n1.Oc1ccccc1. The zero-order valence-electron chi connectivity index (χ0n) is 22.8. The number of nitrogens with zero attached hydrogens (tertiary/aromatic N) is 5. The Kier molecular flexibility index (Phi) is 18.0. The summed E-state index contributed by atoms with van der Waals surface area (Å²) in [4.78, 5) is 17.5. The first kappa shape index (κ1) is 36.0. The molecule has 0 unspecified atom stereocenters. The van der Waals surface area contributed by atoms with Crippen molar-refractivity contribution in [2.24, 2.45) is 0 Å². The van der Waals surface area contributed by atoms with Crippen LogP contribution in [-0.2, 0) is 0 Å². The van der Waals surface area contributed by atoms with E-state index in [9.17, 15) is 0 Å². The summed E-state index contributed by atoms with van der Waals surface area (Å²) in [7, 11) is 0. The summed E-state index contributed by atoms with van der Waals surface area (Å²) in [5.41, 5.74) is 0. The third-order valence-electron chi connectivity index (χ3n) is 4.76. The molecule has 4 rings (SSSR count). The average Bonchev–Trinajstić information content (AvgIpc) is 2.91. The van der Waals surface area contributed by atoms with E-state index in [1.165, 1.54) is 6.20 Å². The molecule has 216 valence electrons. The maximum Gasteiger partial charge on any atom is 0.237 e. The first-order valence-corrected chi connectivity index (χ1v) is 14.9. The van der Waals surface area contributed by atoms with Gasteiger partial charge >= 0.3 is 0 Å². The molecular weight excluding hydrogens is 705 g/mol. The smallest absolute Gasteiger partial charge is 0.237 e. The van der Waals surface area contributed by atoms with Crippen LogP contribution in [0, 0.1) is 0 Å². The molecule has 0 radical (unpaired) electrons. The Bertz CT molecular complexity index is 1250. The largest absolute Gasteiger partial charge is 0.508 e. The molecule has 2 aromatic carbocycles. The van der Waals surface area contributed by atoms with E-state index in [0.29, 0.717) is 43.6 Å². The van der Waals surface area contributed by atoms with Gasteiger partial charge in [0.05, 0.1) is 8.95 Å². The van der Waals surface area contributed by atoms with Crippen LogP contribution in [0.5, 0.6) is 17.4 Å². The van der Waals surface area contributed by atoms with Crippen molar-refractivity contribution in [1.82, 2.24) is 24.8 Å². The molecule has 0 amide bonds. The molecule has 40 heavy (non-hydrogen) atoms. The van der Waals surface area contributed by atoms with Crippen molar-refractivity contribution in [3.63, 3.8) is 0 Å². The molecule has 0 aliphatic heterocycles. The number of para-hydroxylation sites is 2. The molecule has 0 bridgehead atoms. The highest BCUT2D eigenvalue weighted by molar-refractivity contribution is 9.10. The van der Waals surface area contributed by atoms with Crippen molar-refractivity contribution in [2.45, 2.75) is 46.7 Å². The highest BCUT2D eigenvalue weighted by Crippen LogP contribution is 2.27. The summed E-state index contributed by atoms with van der Waals surface area (Å²) >= 11 is 23.0. The number of ether oxygens (including phenoxy) is 1. The third kappa shape index (κ3) is 15.1. The Labute approximate surface area is 268 Å². The molecule has 12 heteroatoms. The Balaban J connectivity index is 0.000000280. The molecule has 0 atom stereocenters. The van der Waals surface area contributed by atoms with Crippen LogP contribution in [0.25, 0.3) is 0 Å². The first-order valence-electron chi connectivity index (χ1n) is 12.2. The second-order valence-electron chi connectivity index (χ2n) is 8.34. The van der Waals surface area contributed by atoms with Gasteiger partial charge in [-0.3, -0.25) is 4.90 Å². The third-order valence-corrected chi connectivity index (χ3v) is 6.76. The fraction of sp³-hybridized carbons (Fsp3) is 0.286. The van der Waals surface area contributed by atoms with Gasteiger partial charge in [0, 0.05) is 24.5 Å². The number of aromatic hydroxyl groups is 1. The fourth-order valence-electron chi connectivity index (χ4n) is 3.08. The minimum Gasteiger partial charge on any atom is -0.508 e. The van der Waals surface area contributed by atoms with Gasteiger partial charge in [-0.1, -0.05) is 54.9 Å². The number of hydrogen-bond acceptors (Lipinski definition) is 7. The van der Waals surface area contributed by atoms with E-state index in [4.69, 9.17) is 44.6 Å². The van der Waals surface area contributed by atoms with Crippen LogP contribution in [0.4, 0.5) is 0 Å². The molecule has 2 heterocycles. The van der Waals surface area contributed by atoms with Gasteiger partial charge < -0.3 is 9.84 Å². The van der Waals surface area contributed by atoms with E-state index >= 15 is 0 Å². The lowest BCUT2D eigenvalue weighted by molar-refractivity contribution is 0.185. The number of benzene rings is 2. The Morgan fingerprint density at radius 2 is 1.25 bits per heavy atom. The monoisotopic (exact) mass is 733 g/mol. The standard InChI is InChI=1S/C10H6BrClN2O.C8H19N.C6H6O.C4HBrCl2N2/c11-8-6-13-10(12)14-9(8)15-7-4-2-1-3-5-7;1-6-9(7(2)3)8(4)5;7-6-4-2-1-3-5-6;5-2-1-8-4(7)9-3(2)6/h1-6H;7-8H,6H2,1-5H3;1-5,7H;1H. The predicted molar refractivity (Wildman–Crippen MR) is 172 cm³/mol. The maximum atomic E-state index is 8.63. The van der Waals surface area contributed by atoms with Crippen LogP contribution in [0.1, 0.15) is 34.6 Å². The lowest BCUT2D eigenvalue weighted by atomic mass is 10.2. The zero-order valence-corrected chi connectivity index (χ0v) is 28.2. The molecule has 0 saturated carbocycles. The summed E-state index contributed by atoms with van der Waals surface area (Å²) in [5.74, 6) is 1.43. The molecule has 0 fully saturated rings. The molecular formula is C28H32Br2Cl3N5O2. The molecule has 7 nitrogen and oxygen atoms in total. The number of phenolic OH excluding ortho intramolecular Hbond substituents is 1. The van der Waals surface area contributed by atoms with Gasteiger partial charge in [-0.25, -0.2) is 15.0 Å². The first-order chi connectivity index (χ1) is 18.9. The zero-order chi connectivity index (χ0) is 30.1. The van der Waals surface area contributed by atoms with Gasteiger partial charge in [-0.15, -0.1) is 0 Å². The summed E-state index contributed by atoms with van der Waals surface area (Å²) in [6.45, 7) is 12.3. The van der Waals surface area contributed by atoms with Crippen molar-refractivity contribution >= 4 is 66.7 Å². The molecule has 4 aromatic rings. The van der Waals surface area contributed by atoms with Crippen molar-refractivity contribution in [2.75, 3.05) is 6.54 Å². The van der Waals surface area contributed by atoms with Crippen LogP contribution in [0.3, 0.4) is 0 Å². The Morgan fingerprint density at radius 3 is 1.62 bits per heavy atom. The van der Waals surface area contributed by atoms with Crippen LogP contribution in [0.2, 0.25) is 15.7 Å². The highest BCUT2D eigenvalue weighted by atomic mass is 79.9. The molecule has 0 spiro atoms. The van der Waals surface area contributed by atoms with Gasteiger partial charge in [-0.2, -0.15) is 4.98 Å². The van der Waals surface area contributed by atoms with Gasteiger partial charge in [0.2, 0.25) is 16.4 Å². The number of halogens is 5. The fourth-order valence-corrected chi connectivity index (χ4v) is 3.98. The summed E-state index contributed by atoms with van der Waals surface area (Å²) in [6.07, 6.45) is 3.05. The van der Waals surface area contributed by atoms with Crippen molar-refractivity contribution in [3.8, 4) is 17.4 Å². The highest BCUT2D eigenvalue weighted by Gasteiger charge is 2.09. The molecule has 0 saturated heterocycles.